The van der Waals surface area contributed by atoms with Crippen molar-refractivity contribution in [2.24, 2.45) is 0 Å². The van der Waals surface area contributed by atoms with Gasteiger partial charge in [0.2, 0.25) is 5.91 Å². The maximum absolute atomic E-state index is 12.5. The van der Waals surface area contributed by atoms with E-state index in [1.165, 1.54) is 0 Å². The zero-order valence-electron chi connectivity index (χ0n) is 13.4. The first kappa shape index (κ1) is 15.8. The van der Waals surface area contributed by atoms with Crippen LogP contribution in [-0.2, 0) is 4.79 Å². The second kappa shape index (κ2) is 7.00. The highest BCUT2D eigenvalue weighted by Gasteiger charge is 2.25. The standard InChI is InChI=1S/C17H24N4O2/c18-15-5-3-4-14(12-15)17(23)21-10-8-19(9-11-21)13-16(22)20-6-1-2-7-20/h3-5,12H,1-2,6-11,13,18H2. The number of nitrogens with zero attached hydrogens (tertiary/aromatic N) is 3. The van der Waals surface area contributed by atoms with Gasteiger partial charge in [-0.05, 0) is 31.0 Å². The Balaban J connectivity index is 1.50. The lowest BCUT2D eigenvalue weighted by Crippen LogP contribution is -2.51. The number of carbonyl (C=O) groups excluding carboxylic acids is 2. The molecule has 2 heterocycles. The Morgan fingerprint density at radius 2 is 1.65 bits per heavy atom. The Morgan fingerprint density at radius 1 is 0.957 bits per heavy atom. The van der Waals surface area contributed by atoms with Crippen molar-refractivity contribution in [3.8, 4) is 0 Å². The van der Waals surface area contributed by atoms with E-state index in [0.29, 0.717) is 30.9 Å². The Labute approximate surface area is 136 Å². The van der Waals surface area contributed by atoms with Crippen LogP contribution in [0.3, 0.4) is 0 Å². The molecule has 1 aromatic carbocycles. The van der Waals surface area contributed by atoms with Gasteiger partial charge in [0.15, 0.2) is 0 Å². The number of piperazine rings is 1. The summed E-state index contributed by atoms with van der Waals surface area (Å²) in [4.78, 5) is 30.6. The number of amides is 2. The van der Waals surface area contributed by atoms with Crippen LogP contribution in [-0.4, -0.2) is 72.3 Å². The normalized spacial score (nSPS) is 19.1. The lowest BCUT2D eigenvalue weighted by molar-refractivity contribution is -0.131. The predicted molar refractivity (Wildman–Crippen MR) is 89.0 cm³/mol. The second-order valence-corrected chi connectivity index (χ2v) is 6.28. The molecule has 0 bridgehead atoms. The molecule has 2 N–H and O–H groups in total. The van der Waals surface area contributed by atoms with Gasteiger partial charge in [-0.25, -0.2) is 0 Å². The van der Waals surface area contributed by atoms with Crippen molar-refractivity contribution in [3.05, 3.63) is 29.8 Å². The van der Waals surface area contributed by atoms with Crippen LogP contribution < -0.4 is 5.73 Å². The highest BCUT2D eigenvalue weighted by atomic mass is 16.2. The van der Waals surface area contributed by atoms with Gasteiger partial charge in [-0.2, -0.15) is 0 Å². The molecule has 23 heavy (non-hydrogen) atoms. The van der Waals surface area contributed by atoms with Crippen molar-refractivity contribution in [2.75, 3.05) is 51.5 Å². The lowest BCUT2D eigenvalue weighted by Gasteiger charge is -2.35. The average molecular weight is 316 g/mol. The summed E-state index contributed by atoms with van der Waals surface area (Å²) in [5, 5.41) is 0. The molecule has 3 rings (SSSR count). The van der Waals surface area contributed by atoms with Gasteiger partial charge in [0.25, 0.3) is 5.91 Å². The van der Waals surface area contributed by atoms with Gasteiger partial charge in [-0.3, -0.25) is 14.5 Å². The minimum Gasteiger partial charge on any atom is -0.399 e. The number of nitrogens with two attached hydrogens (primary N) is 1. The summed E-state index contributed by atoms with van der Waals surface area (Å²) in [5.41, 5.74) is 6.98. The van der Waals surface area contributed by atoms with E-state index in [1.807, 2.05) is 9.80 Å². The summed E-state index contributed by atoms with van der Waals surface area (Å²) in [5.74, 6) is 0.237. The number of carbonyl (C=O) groups is 2. The topological polar surface area (TPSA) is 69.9 Å². The fourth-order valence-corrected chi connectivity index (χ4v) is 3.22. The average Bonchev–Trinajstić information content (AvgIpc) is 3.09. The number of anilines is 1. The number of nitrogen functional groups attached to an aromatic ring is 1. The van der Waals surface area contributed by atoms with E-state index in [9.17, 15) is 9.59 Å². The molecule has 1 aromatic rings. The van der Waals surface area contributed by atoms with Gasteiger partial charge in [0, 0.05) is 50.5 Å². The van der Waals surface area contributed by atoms with Crippen molar-refractivity contribution in [2.45, 2.75) is 12.8 Å². The van der Waals surface area contributed by atoms with Crippen molar-refractivity contribution in [3.63, 3.8) is 0 Å². The Hall–Kier alpha value is -2.08. The van der Waals surface area contributed by atoms with Crippen LogP contribution in [0.1, 0.15) is 23.2 Å². The van der Waals surface area contributed by atoms with Crippen LogP contribution in [0.5, 0.6) is 0 Å². The smallest absolute Gasteiger partial charge is 0.254 e. The second-order valence-electron chi connectivity index (χ2n) is 6.28. The summed E-state index contributed by atoms with van der Waals surface area (Å²) >= 11 is 0. The highest BCUT2D eigenvalue weighted by Crippen LogP contribution is 2.13. The van der Waals surface area contributed by atoms with E-state index in [0.717, 1.165) is 39.0 Å². The van der Waals surface area contributed by atoms with E-state index in [2.05, 4.69) is 4.90 Å². The molecule has 6 heteroatoms. The minimum atomic E-state index is 0.0165. The maximum Gasteiger partial charge on any atom is 0.254 e. The van der Waals surface area contributed by atoms with E-state index < -0.39 is 0 Å². The minimum absolute atomic E-state index is 0.0165. The van der Waals surface area contributed by atoms with Gasteiger partial charge in [0.1, 0.15) is 0 Å². The third-order valence-corrected chi connectivity index (χ3v) is 4.61. The molecule has 2 fully saturated rings. The summed E-state index contributed by atoms with van der Waals surface area (Å²) < 4.78 is 0. The first-order valence-corrected chi connectivity index (χ1v) is 8.28. The monoisotopic (exact) mass is 316 g/mol. The Kier molecular flexibility index (Phi) is 4.81. The number of hydrogen-bond acceptors (Lipinski definition) is 4. The van der Waals surface area contributed by atoms with Gasteiger partial charge in [0.05, 0.1) is 6.54 Å². The Bertz CT molecular complexity index is 576. The van der Waals surface area contributed by atoms with Crippen molar-refractivity contribution in [1.82, 2.24) is 14.7 Å². The predicted octanol–water partition coefficient (Wildman–Crippen LogP) is 0.649. The van der Waals surface area contributed by atoms with Crippen LogP contribution in [0, 0.1) is 0 Å². The van der Waals surface area contributed by atoms with Gasteiger partial charge in [-0.15, -0.1) is 0 Å². The lowest BCUT2D eigenvalue weighted by atomic mass is 10.1. The third-order valence-electron chi connectivity index (χ3n) is 4.61. The van der Waals surface area contributed by atoms with Gasteiger partial charge < -0.3 is 15.5 Å². The van der Waals surface area contributed by atoms with Crippen molar-refractivity contribution < 1.29 is 9.59 Å². The van der Waals surface area contributed by atoms with Crippen LogP contribution in [0.25, 0.3) is 0 Å². The third kappa shape index (κ3) is 3.82. The van der Waals surface area contributed by atoms with Gasteiger partial charge in [-0.1, -0.05) is 6.07 Å². The van der Waals surface area contributed by atoms with Crippen LogP contribution in [0.15, 0.2) is 24.3 Å². The molecule has 0 spiro atoms. The maximum atomic E-state index is 12.5. The molecule has 2 aliphatic heterocycles. The quantitative estimate of drug-likeness (QED) is 0.831. The number of likely N-dealkylation sites (tertiary alicyclic amines) is 1. The van der Waals surface area contributed by atoms with Gasteiger partial charge >= 0.3 is 0 Å². The summed E-state index contributed by atoms with van der Waals surface area (Å²) in [7, 11) is 0. The molecule has 2 amide bonds. The molecular weight excluding hydrogens is 292 g/mol. The summed E-state index contributed by atoms with van der Waals surface area (Å²) in [6.45, 7) is 5.06. The molecule has 0 atom stereocenters. The van der Waals surface area contributed by atoms with Crippen LogP contribution in [0.2, 0.25) is 0 Å². The fourth-order valence-electron chi connectivity index (χ4n) is 3.22. The van der Waals surface area contributed by atoms with E-state index >= 15 is 0 Å². The molecule has 2 aliphatic rings. The molecule has 0 aliphatic carbocycles. The summed E-state index contributed by atoms with van der Waals surface area (Å²) in [6.07, 6.45) is 2.24. The Morgan fingerprint density at radius 3 is 2.30 bits per heavy atom. The molecular formula is C17H24N4O2. The molecule has 0 unspecified atom stereocenters. The number of benzene rings is 1. The SMILES string of the molecule is Nc1cccc(C(=O)N2CCN(CC(=O)N3CCCC3)CC2)c1. The largest absolute Gasteiger partial charge is 0.399 e. The van der Waals surface area contributed by atoms with E-state index in [4.69, 9.17) is 5.73 Å². The molecule has 0 aromatic heterocycles. The first-order chi connectivity index (χ1) is 11.1. The first-order valence-electron chi connectivity index (χ1n) is 8.28. The fraction of sp³-hybridized carbons (Fsp3) is 0.529. The molecule has 2 saturated heterocycles. The molecule has 6 nitrogen and oxygen atoms in total. The van der Waals surface area contributed by atoms with E-state index in [-0.39, 0.29) is 11.8 Å². The van der Waals surface area contributed by atoms with Crippen molar-refractivity contribution in [1.29, 1.82) is 0 Å². The summed E-state index contributed by atoms with van der Waals surface area (Å²) in [6, 6.07) is 7.08. The zero-order chi connectivity index (χ0) is 16.2. The van der Waals surface area contributed by atoms with Crippen LogP contribution >= 0.6 is 0 Å². The molecule has 0 saturated carbocycles. The van der Waals surface area contributed by atoms with Crippen LogP contribution in [0.4, 0.5) is 5.69 Å². The van der Waals surface area contributed by atoms with E-state index in [1.54, 1.807) is 24.3 Å². The highest BCUT2D eigenvalue weighted by molar-refractivity contribution is 5.95. The number of rotatable bonds is 3. The number of hydrogen-bond donors (Lipinski definition) is 1. The molecule has 124 valence electrons. The zero-order valence-corrected chi connectivity index (χ0v) is 13.4. The molecule has 0 radical (unpaired) electrons. The van der Waals surface area contributed by atoms with Crippen molar-refractivity contribution >= 4 is 17.5 Å².